The van der Waals surface area contributed by atoms with Crippen LogP contribution < -0.4 is 20.4 Å². The predicted molar refractivity (Wildman–Crippen MR) is 99.7 cm³/mol. The number of rotatable bonds is 4. The van der Waals surface area contributed by atoms with Crippen molar-refractivity contribution in [3.05, 3.63) is 34.1 Å². The van der Waals surface area contributed by atoms with Gasteiger partial charge < -0.3 is 24.6 Å². The van der Waals surface area contributed by atoms with Crippen LogP contribution in [0.15, 0.2) is 23.1 Å². The lowest BCUT2D eigenvalue weighted by molar-refractivity contribution is 0.0695. The molecular weight excluding hydrogens is 334 g/mol. The van der Waals surface area contributed by atoms with E-state index >= 15 is 0 Å². The quantitative estimate of drug-likeness (QED) is 0.869. The molecule has 1 aromatic heterocycles. The minimum Gasteiger partial charge on any atom is -0.492 e. The number of hydrogen-bond donors (Lipinski definition) is 2. The number of carboxylic acids is 1. The number of benzene rings is 1. The molecule has 0 bridgehead atoms. The maximum atomic E-state index is 12.7. The van der Waals surface area contributed by atoms with Gasteiger partial charge in [-0.25, -0.2) is 4.79 Å². The average molecular weight is 357 g/mol. The molecule has 1 saturated heterocycles. The Morgan fingerprint density at radius 2 is 2.12 bits per heavy atom. The first-order valence-electron chi connectivity index (χ1n) is 8.98. The highest BCUT2D eigenvalue weighted by Gasteiger charge is 2.30. The van der Waals surface area contributed by atoms with E-state index in [-0.39, 0.29) is 11.6 Å². The van der Waals surface area contributed by atoms with Gasteiger partial charge in [-0.2, -0.15) is 0 Å². The highest BCUT2D eigenvalue weighted by atomic mass is 16.5. The molecular formula is C19H23N3O4. The second-order valence-corrected chi connectivity index (χ2v) is 7.13. The van der Waals surface area contributed by atoms with E-state index in [4.69, 9.17) is 4.74 Å². The number of aromatic carboxylic acids is 1. The number of aromatic nitrogens is 1. The molecule has 2 aromatic rings. The smallest absolute Gasteiger partial charge is 0.341 e. The molecule has 1 aliphatic heterocycles. The third-order valence-electron chi connectivity index (χ3n) is 5.21. The Morgan fingerprint density at radius 3 is 2.73 bits per heavy atom. The molecule has 7 heteroatoms. The van der Waals surface area contributed by atoms with Crippen molar-refractivity contribution in [3.63, 3.8) is 0 Å². The van der Waals surface area contributed by atoms with Crippen molar-refractivity contribution < 1.29 is 14.6 Å². The van der Waals surface area contributed by atoms with Crippen LogP contribution in [0.2, 0.25) is 0 Å². The van der Waals surface area contributed by atoms with Gasteiger partial charge in [0.05, 0.1) is 23.7 Å². The molecule has 7 nitrogen and oxygen atoms in total. The number of carbonyl (C=O) groups is 1. The van der Waals surface area contributed by atoms with Gasteiger partial charge in [-0.3, -0.25) is 4.79 Å². The number of nitrogens with zero attached hydrogens (tertiary/aromatic N) is 2. The number of nitrogens with one attached hydrogen (secondary N) is 1. The van der Waals surface area contributed by atoms with Crippen LogP contribution in [0.5, 0.6) is 5.75 Å². The topological polar surface area (TPSA) is 83.8 Å². The summed E-state index contributed by atoms with van der Waals surface area (Å²) in [5, 5.41) is 13.2. The summed E-state index contributed by atoms with van der Waals surface area (Å²) in [5.74, 6) is -0.539. The van der Waals surface area contributed by atoms with Gasteiger partial charge in [-0.05, 0) is 31.9 Å². The van der Waals surface area contributed by atoms with Gasteiger partial charge in [0.1, 0.15) is 5.56 Å². The van der Waals surface area contributed by atoms with E-state index < -0.39 is 11.4 Å². The Balaban J connectivity index is 1.97. The molecule has 0 amide bonds. The fourth-order valence-corrected chi connectivity index (χ4v) is 3.80. The average Bonchev–Trinajstić information content (AvgIpc) is 3.46. The van der Waals surface area contributed by atoms with Crippen molar-refractivity contribution in [1.29, 1.82) is 0 Å². The van der Waals surface area contributed by atoms with E-state index in [1.807, 2.05) is 10.6 Å². The SMILES string of the molecule is COc1c(N2CCNC(C)C2)ccc2c(=O)c(C(=O)O)cn(C3CC3)c12. The molecule has 1 unspecified atom stereocenters. The van der Waals surface area contributed by atoms with E-state index in [1.165, 1.54) is 6.20 Å². The number of pyridine rings is 1. The highest BCUT2D eigenvalue weighted by Crippen LogP contribution is 2.42. The Hall–Kier alpha value is -2.54. The third kappa shape index (κ3) is 2.72. The van der Waals surface area contributed by atoms with Crippen LogP contribution in [0.3, 0.4) is 0 Å². The monoisotopic (exact) mass is 357 g/mol. The van der Waals surface area contributed by atoms with Crippen molar-refractivity contribution >= 4 is 22.6 Å². The lowest BCUT2D eigenvalue weighted by Crippen LogP contribution is -2.49. The minimum atomic E-state index is -1.19. The van der Waals surface area contributed by atoms with Crippen LogP contribution in [0.25, 0.3) is 10.9 Å². The van der Waals surface area contributed by atoms with E-state index in [0.29, 0.717) is 22.7 Å². The van der Waals surface area contributed by atoms with Crippen LogP contribution in [0.4, 0.5) is 5.69 Å². The molecule has 1 aromatic carbocycles. The van der Waals surface area contributed by atoms with Gasteiger partial charge in [-0.1, -0.05) is 0 Å². The number of hydrogen-bond acceptors (Lipinski definition) is 5. The summed E-state index contributed by atoms with van der Waals surface area (Å²) >= 11 is 0. The Labute approximate surface area is 151 Å². The van der Waals surface area contributed by atoms with Gasteiger partial charge >= 0.3 is 5.97 Å². The first kappa shape index (κ1) is 16.9. The summed E-state index contributed by atoms with van der Waals surface area (Å²) in [6.45, 7) is 4.73. The van der Waals surface area contributed by atoms with E-state index in [2.05, 4.69) is 17.1 Å². The van der Waals surface area contributed by atoms with E-state index in [9.17, 15) is 14.7 Å². The van der Waals surface area contributed by atoms with Gasteiger partial charge in [0, 0.05) is 37.9 Å². The fourth-order valence-electron chi connectivity index (χ4n) is 3.80. The predicted octanol–water partition coefficient (Wildman–Crippen LogP) is 1.84. The molecule has 2 N–H and O–H groups in total. The van der Waals surface area contributed by atoms with Gasteiger partial charge in [0.25, 0.3) is 0 Å². The van der Waals surface area contributed by atoms with Crippen LogP contribution in [-0.2, 0) is 0 Å². The summed E-state index contributed by atoms with van der Waals surface area (Å²) in [5.41, 5.74) is 1.01. The van der Waals surface area contributed by atoms with Gasteiger partial charge in [0.2, 0.25) is 5.43 Å². The molecule has 0 radical (unpaired) electrons. The summed E-state index contributed by atoms with van der Waals surface area (Å²) in [6, 6.07) is 4.21. The van der Waals surface area contributed by atoms with Crippen molar-refractivity contribution in [2.45, 2.75) is 31.8 Å². The molecule has 138 valence electrons. The molecule has 26 heavy (non-hydrogen) atoms. The molecule has 0 spiro atoms. The van der Waals surface area contributed by atoms with E-state index in [0.717, 1.165) is 38.2 Å². The number of methoxy groups -OCH3 is 1. The normalized spacial score (nSPS) is 20.4. The fraction of sp³-hybridized carbons (Fsp3) is 0.474. The standard InChI is InChI=1S/C19H23N3O4/c1-11-9-21(8-7-20-11)15-6-5-13-16(18(15)26-2)22(12-3-4-12)10-14(17(13)23)19(24)25/h5-6,10-12,20H,3-4,7-9H2,1-2H3,(H,24,25). The second kappa shape index (κ2) is 6.32. The summed E-state index contributed by atoms with van der Waals surface area (Å²) in [7, 11) is 1.61. The molecule has 4 rings (SSSR count). The molecule has 2 heterocycles. The van der Waals surface area contributed by atoms with Gasteiger partial charge in [-0.15, -0.1) is 0 Å². The van der Waals surface area contributed by atoms with Crippen LogP contribution >= 0.6 is 0 Å². The second-order valence-electron chi connectivity index (χ2n) is 7.13. The maximum absolute atomic E-state index is 12.7. The number of carboxylic acid groups (broad SMARTS) is 1. The Bertz CT molecular complexity index is 933. The van der Waals surface area contributed by atoms with Crippen LogP contribution in [0.1, 0.15) is 36.2 Å². The zero-order valence-electron chi connectivity index (χ0n) is 15.0. The Kier molecular flexibility index (Phi) is 4.11. The Morgan fingerprint density at radius 1 is 1.35 bits per heavy atom. The summed E-state index contributed by atoms with van der Waals surface area (Å²) in [4.78, 5) is 26.5. The van der Waals surface area contributed by atoms with Crippen molar-refractivity contribution in [2.24, 2.45) is 0 Å². The molecule has 1 aliphatic carbocycles. The third-order valence-corrected chi connectivity index (χ3v) is 5.21. The zero-order chi connectivity index (χ0) is 18.4. The number of ether oxygens (including phenoxy) is 1. The van der Waals surface area contributed by atoms with Crippen LogP contribution in [-0.4, -0.2) is 48.4 Å². The van der Waals surface area contributed by atoms with Gasteiger partial charge in [0.15, 0.2) is 5.75 Å². The lowest BCUT2D eigenvalue weighted by atomic mass is 10.1. The van der Waals surface area contributed by atoms with Crippen molar-refractivity contribution in [2.75, 3.05) is 31.6 Å². The first-order chi connectivity index (χ1) is 12.5. The molecule has 1 saturated carbocycles. The van der Waals surface area contributed by atoms with E-state index in [1.54, 1.807) is 13.2 Å². The van der Waals surface area contributed by atoms with Crippen LogP contribution in [0, 0.1) is 0 Å². The number of anilines is 1. The maximum Gasteiger partial charge on any atom is 0.341 e. The summed E-state index contributed by atoms with van der Waals surface area (Å²) in [6.07, 6.45) is 3.45. The largest absolute Gasteiger partial charge is 0.492 e. The van der Waals surface area contributed by atoms with Crippen molar-refractivity contribution in [1.82, 2.24) is 9.88 Å². The van der Waals surface area contributed by atoms with Crippen molar-refractivity contribution in [3.8, 4) is 5.75 Å². The first-order valence-corrected chi connectivity index (χ1v) is 8.98. The summed E-state index contributed by atoms with van der Waals surface area (Å²) < 4.78 is 7.68. The minimum absolute atomic E-state index is 0.185. The zero-order valence-corrected chi connectivity index (χ0v) is 15.0. The number of piperazine rings is 1. The molecule has 2 fully saturated rings. The number of fused-ring (bicyclic) bond motifs is 1. The lowest BCUT2D eigenvalue weighted by Gasteiger charge is -2.34. The molecule has 2 aliphatic rings. The highest BCUT2D eigenvalue weighted by molar-refractivity contribution is 5.97. The molecule has 1 atom stereocenters.